The second-order valence-corrected chi connectivity index (χ2v) is 7.17. The van der Waals surface area contributed by atoms with Crippen molar-refractivity contribution in [2.45, 2.75) is 12.2 Å². The van der Waals surface area contributed by atoms with Gasteiger partial charge in [-0.1, -0.05) is 56.1 Å². The molecule has 0 amide bonds. The van der Waals surface area contributed by atoms with Crippen molar-refractivity contribution in [3.63, 3.8) is 0 Å². The van der Waals surface area contributed by atoms with Gasteiger partial charge in [0.2, 0.25) is 0 Å². The van der Waals surface area contributed by atoms with Crippen molar-refractivity contribution < 1.29 is 14.6 Å². The van der Waals surface area contributed by atoms with Crippen LogP contribution in [-0.4, -0.2) is 10.9 Å². The molecule has 1 aliphatic heterocycles. The molecule has 3 nitrogen and oxygen atoms in total. The number of hydrogen-bond acceptors (Lipinski definition) is 3. The Balaban J connectivity index is 1.95. The van der Waals surface area contributed by atoms with E-state index >= 15 is 0 Å². The van der Waals surface area contributed by atoms with Crippen LogP contribution in [-0.2, 0) is 9.53 Å². The second-order valence-electron chi connectivity index (χ2n) is 5.34. The van der Waals surface area contributed by atoms with Crippen molar-refractivity contribution in [1.29, 1.82) is 0 Å². The van der Waals surface area contributed by atoms with Gasteiger partial charge >= 0.3 is 0 Å². The van der Waals surface area contributed by atoms with E-state index in [1.165, 1.54) is 12.3 Å². The van der Waals surface area contributed by atoms with E-state index < -0.39 is 18.1 Å². The van der Waals surface area contributed by atoms with Gasteiger partial charge < -0.3 is 9.84 Å². The number of rotatable bonds is 3. The summed E-state index contributed by atoms with van der Waals surface area (Å²) in [5.41, 5.74) is 1.54. The lowest BCUT2D eigenvalue weighted by Gasteiger charge is -2.31. The SMILES string of the molecule is O=C1C=CO[C@@H](c2ccc(Br)cc2)[C@@H]1[C@H](O)c1ccc(Br)cc1. The van der Waals surface area contributed by atoms with Crippen LogP contribution in [0.3, 0.4) is 0 Å². The summed E-state index contributed by atoms with van der Waals surface area (Å²) in [5.74, 6) is -0.818. The average Bonchev–Trinajstić information content (AvgIpc) is 2.55. The van der Waals surface area contributed by atoms with Gasteiger partial charge in [0.25, 0.3) is 0 Å². The van der Waals surface area contributed by atoms with Gasteiger partial charge in [0.05, 0.1) is 18.3 Å². The lowest BCUT2D eigenvalue weighted by atomic mass is 9.83. The lowest BCUT2D eigenvalue weighted by Crippen LogP contribution is -2.31. The summed E-state index contributed by atoms with van der Waals surface area (Å²) < 4.78 is 7.54. The summed E-state index contributed by atoms with van der Waals surface area (Å²) in [7, 11) is 0. The quantitative estimate of drug-likeness (QED) is 0.755. The molecular formula is C18H14Br2O3. The van der Waals surface area contributed by atoms with E-state index in [9.17, 15) is 9.90 Å². The van der Waals surface area contributed by atoms with Crippen LogP contribution in [0.15, 0.2) is 69.8 Å². The van der Waals surface area contributed by atoms with E-state index in [1.807, 2.05) is 36.4 Å². The van der Waals surface area contributed by atoms with Gasteiger partial charge in [-0.25, -0.2) is 0 Å². The first kappa shape index (κ1) is 16.4. The van der Waals surface area contributed by atoms with Crippen molar-refractivity contribution in [3.8, 4) is 0 Å². The molecule has 0 saturated heterocycles. The van der Waals surface area contributed by atoms with Crippen LogP contribution < -0.4 is 0 Å². The Labute approximate surface area is 151 Å². The molecule has 1 heterocycles. The average molecular weight is 438 g/mol. The molecule has 118 valence electrons. The number of allylic oxidation sites excluding steroid dienone is 1. The molecule has 0 saturated carbocycles. The fourth-order valence-electron chi connectivity index (χ4n) is 2.66. The van der Waals surface area contributed by atoms with Crippen molar-refractivity contribution in [2.75, 3.05) is 0 Å². The van der Waals surface area contributed by atoms with Gasteiger partial charge in [-0.15, -0.1) is 0 Å². The molecule has 0 radical (unpaired) electrons. The highest BCUT2D eigenvalue weighted by molar-refractivity contribution is 9.10. The molecule has 0 aromatic heterocycles. The smallest absolute Gasteiger partial charge is 0.168 e. The fraction of sp³-hybridized carbons (Fsp3) is 0.167. The fourth-order valence-corrected chi connectivity index (χ4v) is 3.19. The molecular weight excluding hydrogens is 424 g/mol. The molecule has 23 heavy (non-hydrogen) atoms. The first-order valence-corrected chi connectivity index (χ1v) is 8.70. The maximum Gasteiger partial charge on any atom is 0.168 e. The van der Waals surface area contributed by atoms with E-state index in [-0.39, 0.29) is 5.78 Å². The Morgan fingerprint density at radius 2 is 1.52 bits per heavy atom. The molecule has 0 unspecified atom stereocenters. The molecule has 0 spiro atoms. The molecule has 3 rings (SSSR count). The van der Waals surface area contributed by atoms with E-state index in [4.69, 9.17) is 4.74 Å². The predicted molar refractivity (Wildman–Crippen MR) is 94.7 cm³/mol. The minimum atomic E-state index is -0.936. The Hall–Kier alpha value is -1.43. The highest BCUT2D eigenvalue weighted by Crippen LogP contribution is 2.39. The third kappa shape index (κ3) is 3.57. The number of benzene rings is 2. The van der Waals surface area contributed by atoms with Gasteiger partial charge in [-0.2, -0.15) is 0 Å². The third-order valence-electron chi connectivity index (χ3n) is 3.86. The molecule has 0 fully saturated rings. The molecule has 0 bridgehead atoms. The Kier molecular flexibility index (Phi) is 4.99. The number of hydrogen-bond donors (Lipinski definition) is 1. The first-order valence-electron chi connectivity index (χ1n) is 7.11. The van der Waals surface area contributed by atoms with Crippen LogP contribution in [0.4, 0.5) is 0 Å². The van der Waals surface area contributed by atoms with Crippen LogP contribution in [0.5, 0.6) is 0 Å². The molecule has 2 aromatic rings. The number of carbonyl (C=O) groups is 1. The number of aliphatic hydroxyl groups excluding tert-OH is 1. The monoisotopic (exact) mass is 436 g/mol. The van der Waals surface area contributed by atoms with Gasteiger partial charge in [0.1, 0.15) is 6.10 Å². The van der Waals surface area contributed by atoms with Crippen molar-refractivity contribution >= 4 is 37.6 Å². The zero-order valence-electron chi connectivity index (χ0n) is 12.0. The minimum Gasteiger partial charge on any atom is -0.492 e. The Morgan fingerprint density at radius 1 is 0.957 bits per heavy atom. The van der Waals surface area contributed by atoms with Gasteiger partial charge in [0.15, 0.2) is 5.78 Å². The maximum atomic E-state index is 12.4. The lowest BCUT2D eigenvalue weighted by molar-refractivity contribution is -0.130. The third-order valence-corrected chi connectivity index (χ3v) is 4.92. The summed E-state index contributed by atoms with van der Waals surface area (Å²) >= 11 is 6.76. The van der Waals surface area contributed by atoms with Gasteiger partial charge in [-0.05, 0) is 35.4 Å². The highest BCUT2D eigenvalue weighted by Gasteiger charge is 2.38. The maximum absolute atomic E-state index is 12.4. The standard InChI is InChI=1S/C18H14Br2O3/c19-13-5-1-11(2-6-13)17(22)16-15(21)9-10-23-18(16)12-3-7-14(20)8-4-12/h1-10,16-18,22H/t16-,17+,18-/m0/s1. The summed E-state index contributed by atoms with van der Waals surface area (Å²) in [4.78, 5) is 12.4. The summed E-state index contributed by atoms with van der Waals surface area (Å²) in [6, 6.07) is 14.9. The molecule has 1 aliphatic rings. The van der Waals surface area contributed by atoms with Crippen LogP contribution >= 0.6 is 31.9 Å². The van der Waals surface area contributed by atoms with Crippen LogP contribution in [0.2, 0.25) is 0 Å². The molecule has 2 aromatic carbocycles. The number of ether oxygens (including phenoxy) is 1. The largest absolute Gasteiger partial charge is 0.492 e. The second kappa shape index (κ2) is 6.99. The Morgan fingerprint density at radius 3 is 2.13 bits per heavy atom. The molecule has 1 N–H and O–H groups in total. The number of carbonyl (C=O) groups excluding carboxylic acids is 1. The highest BCUT2D eigenvalue weighted by atomic mass is 79.9. The van der Waals surface area contributed by atoms with Crippen molar-refractivity contribution in [2.24, 2.45) is 5.92 Å². The van der Waals surface area contributed by atoms with Crippen molar-refractivity contribution in [3.05, 3.63) is 80.9 Å². The van der Waals surface area contributed by atoms with Crippen molar-refractivity contribution in [1.82, 2.24) is 0 Å². The summed E-state index contributed by atoms with van der Waals surface area (Å²) in [5, 5.41) is 10.7. The minimum absolute atomic E-state index is 0.139. The zero-order chi connectivity index (χ0) is 16.4. The number of ketones is 1. The topological polar surface area (TPSA) is 46.5 Å². The summed E-state index contributed by atoms with van der Waals surface area (Å²) in [6.07, 6.45) is 1.33. The molecule has 3 atom stereocenters. The Bertz CT molecular complexity index is 723. The van der Waals surface area contributed by atoms with Gasteiger partial charge in [0, 0.05) is 15.0 Å². The first-order chi connectivity index (χ1) is 11.1. The van der Waals surface area contributed by atoms with E-state index in [2.05, 4.69) is 31.9 Å². The van der Waals surface area contributed by atoms with Gasteiger partial charge in [-0.3, -0.25) is 4.79 Å². The van der Waals surface area contributed by atoms with Crippen LogP contribution in [0, 0.1) is 5.92 Å². The molecule has 0 aliphatic carbocycles. The van der Waals surface area contributed by atoms with Crippen LogP contribution in [0.1, 0.15) is 23.3 Å². The van der Waals surface area contributed by atoms with E-state index in [1.54, 1.807) is 12.1 Å². The number of halogens is 2. The zero-order valence-corrected chi connectivity index (χ0v) is 15.2. The van der Waals surface area contributed by atoms with E-state index in [0.717, 1.165) is 14.5 Å². The summed E-state index contributed by atoms with van der Waals surface area (Å²) in [6.45, 7) is 0. The molecule has 5 heteroatoms. The van der Waals surface area contributed by atoms with Crippen LogP contribution in [0.25, 0.3) is 0 Å². The van der Waals surface area contributed by atoms with E-state index in [0.29, 0.717) is 5.56 Å². The normalized spacial score (nSPS) is 21.8. The number of aliphatic hydroxyl groups is 1. The predicted octanol–water partition coefficient (Wildman–Crippen LogP) is 4.72.